The fourth-order valence-electron chi connectivity index (χ4n) is 3.61. The zero-order valence-corrected chi connectivity index (χ0v) is 21.6. The fourth-order valence-corrected chi connectivity index (χ4v) is 4.64. The van der Waals surface area contributed by atoms with Crippen LogP contribution in [0.1, 0.15) is 30.6 Å². The average Bonchev–Trinajstić information content (AvgIpc) is 3.19. The van der Waals surface area contributed by atoms with E-state index in [0.717, 1.165) is 30.2 Å². The van der Waals surface area contributed by atoms with E-state index in [4.69, 9.17) is 32.1 Å². The van der Waals surface area contributed by atoms with E-state index in [-0.39, 0.29) is 0 Å². The van der Waals surface area contributed by atoms with Crippen molar-refractivity contribution in [3.63, 3.8) is 0 Å². The number of hydrogen-bond donors (Lipinski definition) is 0. The highest BCUT2D eigenvalue weighted by atomic mass is 35.5. The molecule has 0 bridgehead atoms. The summed E-state index contributed by atoms with van der Waals surface area (Å²) in [5.74, 6) is 0. The van der Waals surface area contributed by atoms with E-state index in [9.17, 15) is 8.42 Å². The maximum absolute atomic E-state index is 12.1. The lowest BCUT2D eigenvalue weighted by Gasteiger charge is -2.37. The predicted molar refractivity (Wildman–Crippen MR) is 137 cm³/mol. The van der Waals surface area contributed by atoms with Gasteiger partial charge >= 0.3 is 0 Å². The van der Waals surface area contributed by atoms with Gasteiger partial charge in [0.2, 0.25) is 6.35 Å². The maximum Gasteiger partial charge on any atom is 0.267 e. The smallest absolute Gasteiger partial charge is 0.267 e. The summed E-state index contributed by atoms with van der Waals surface area (Å²) in [6.07, 6.45) is 8.53. The molecule has 184 valence electrons. The summed E-state index contributed by atoms with van der Waals surface area (Å²) >= 11 is 13.0. The third kappa shape index (κ3) is 7.75. The summed E-state index contributed by atoms with van der Waals surface area (Å²) < 4.78 is 35.8. The van der Waals surface area contributed by atoms with Crippen LogP contribution in [0, 0.1) is 0 Å². The number of alkyl halides is 1. The van der Waals surface area contributed by atoms with Crippen molar-refractivity contribution in [2.75, 3.05) is 19.4 Å². The molecule has 3 unspecified atom stereocenters. The van der Waals surface area contributed by atoms with Gasteiger partial charge in [-0.2, -0.15) is 8.42 Å². The van der Waals surface area contributed by atoms with Gasteiger partial charge in [0.05, 0.1) is 12.9 Å². The van der Waals surface area contributed by atoms with Crippen LogP contribution in [0.2, 0.25) is 5.02 Å². The van der Waals surface area contributed by atoms with E-state index in [1.807, 2.05) is 66.4 Å². The molecular formula is C25H30Cl2N2O4S. The van der Waals surface area contributed by atoms with Crippen LogP contribution in [-0.2, 0) is 25.5 Å². The second-order valence-corrected chi connectivity index (χ2v) is 10.4. The molecule has 0 amide bonds. The molecular weight excluding hydrogens is 495 g/mol. The molecule has 0 N–H and O–H groups in total. The molecule has 0 spiro atoms. The second-order valence-electron chi connectivity index (χ2n) is 7.92. The molecule has 0 radical (unpaired) electrons. The second kappa shape index (κ2) is 12.6. The lowest BCUT2D eigenvalue weighted by atomic mass is 10.1. The third-order valence-corrected chi connectivity index (χ3v) is 6.51. The van der Waals surface area contributed by atoms with Gasteiger partial charge in [-0.05, 0) is 43.0 Å². The quantitative estimate of drug-likeness (QED) is 0.120. The van der Waals surface area contributed by atoms with Gasteiger partial charge in [-0.3, -0.25) is 0 Å². The predicted octanol–water partition coefficient (Wildman–Crippen LogP) is 5.52. The number of benzene rings is 2. The van der Waals surface area contributed by atoms with E-state index in [0.29, 0.717) is 18.2 Å². The topological polar surface area (TPSA) is 59.1 Å². The zero-order chi connectivity index (χ0) is 24.6. The third-order valence-electron chi connectivity index (χ3n) is 5.28. The first-order valence-electron chi connectivity index (χ1n) is 11.0. The minimum Gasteiger partial charge on any atom is -0.370 e. The van der Waals surface area contributed by atoms with Crippen molar-refractivity contribution in [1.82, 2.24) is 9.80 Å². The summed E-state index contributed by atoms with van der Waals surface area (Å²) in [5.41, 5.74) is 1.23. The molecule has 9 heteroatoms. The first kappa shape index (κ1) is 26.6. The van der Waals surface area contributed by atoms with E-state index in [1.165, 1.54) is 0 Å². The van der Waals surface area contributed by atoms with Gasteiger partial charge in [-0.25, -0.2) is 4.18 Å². The van der Waals surface area contributed by atoms with Crippen LogP contribution in [0.15, 0.2) is 79.1 Å². The lowest BCUT2D eigenvalue weighted by molar-refractivity contribution is -0.0619. The first-order valence-corrected chi connectivity index (χ1v) is 13.7. The minimum absolute atomic E-state index is 0.452. The average molecular weight is 525 g/mol. The van der Waals surface area contributed by atoms with Crippen LogP contribution in [0.5, 0.6) is 0 Å². The van der Waals surface area contributed by atoms with E-state index in [2.05, 4.69) is 0 Å². The number of nitrogens with zero attached hydrogens (tertiary/aromatic N) is 2. The number of ether oxygens (including phenoxy) is 1. The molecule has 1 aliphatic heterocycles. The molecule has 1 aliphatic rings. The van der Waals surface area contributed by atoms with Gasteiger partial charge in [0, 0.05) is 24.0 Å². The summed E-state index contributed by atoms with van der Waals surface area (Å²) in [6, 6.07) is 17.2. The van der Waals surface area contributed by atoms with Crippen LogP contribution < -0.4 is 0 Å². The monoisotopic (exact) mass is 524 g/mol. The van der Waals surface area contributed by atoms with Crippen molar-refractivity contribution < 1.29 is 17.3 Å². The normalized spacial score (nSPS) is 18.1. The first-order chi connectivity index (χ1) is 16.3. The highest BCUT2D eigenvalue weighted by Crippen LogP contribution is 2.34. The summed E-state index contributed by atoms with van der Waals surface area (Å²) in [5, 5.41) is 0.606. The SMILES string of the molecule is CC=CCCOC(c1ccc(Cl)cc1)C(Cl)N1C=CN(CCc2ccccc2)C1OS(C)(=O)=O. The van der Waals surface area contributed by atoms with Gasteiger partial charge in [0.1, 0.15) is 11.6 Å². The zero-order valence-electron chi connectivity index (χ0n) is 19.3. The molecule has 2 aromatic carbocycles. The van der Waals surface area contributed by atoms with Crippen molar-refractivity contribution in [3.05, 3.63) is 95.3 Å². The number of halogens is 2. The molecule has 0 aromatic heterocycles. The van der Waals surface area contributed by atoms with Crippen LogP contribution >= 0.6 is 23.2 Å². The summed E-state index contributed by atoms with van der Waals surface area (Å²) in [7, 11) is -3.76. The largest absolute Gasteiger partial charge is 0.370 e. The Morgan fingerprint density at radius 1 is 1.09 bits per heavy atom. The van der Waals surface area contributed by atoms with Gasteiger partial charge in [0.25, 0.3) is 10.1 Å². The number of rotatable bonds is 12. The van der Waals surface area contributed by atoms with Gasteiger partial charge in [-0.1, -0.05) is 77.8 Å². The van der Waals surface area contributed by atoms with Gasteiger partial charge in [0.15, 0.2) is 0 Å². The molecule has 0 fully saturated rings. The molecule has 0 aliphatic carbocycles. The van der Waals surface area contributed by atoms with Crippen molar-refractivity contribution in [2.45, 2.75) is 37.7 Å². The van der Waals surface area contributed by atoms with Crippen LogP contribution in [0.3, 0.4) is 0 Å². The maximum atomic E-state index is 12.1. The van der Waals surface area contributed by atoms with Crippen LogP contribution in [0.25, 0.3) is 0 Å². The highest BCUT2D eigenvalue weighted by Gasteiger charge is 2.38. The standard InChI is InChI=1S/C25H30Cl2N2O4S/c1-3-4-8-19-32-23(21-11-13-22(26)14-12-21)24(27)29-18-17-28(25(29)33-34(2,30)31)16-15-20-9-6-5-7-10-20/h3-7,9-14,17-18,23-25H,8,15-16,19H2,1-2H3. The van der Waals surface area contributed by atoms with E-state index in [1.54, 1.807) is 29.4 Å². The van der Waals surface area contributed by atoms with Crippen molar-refractivity contribution >= 4 is 33.3 Å². The number of allylic oxidation sites excluding steroid dienone is 1. The summed E-state index contributed by atoms with van der Waals surface area (Å²) in [4.78, 5) is 3.49. The molecule has 2 aromatic rings. The molecule has 0 saturated heterocycles. The lowest BCUT2D eigenvalue weighted by Crippen LogP contribution is -2.47. The highest BCUT2D eigenvalue weighted by molar-refractivity contribution is 7.86. The van der Waals surface area contributed by atoms with Crippen LogP contribution in [-0.4, -0.2) is 49.5 Å². The Labute approximate surface area is 212 Å². The van der Waals surface area contributed by atoms with Crippen LogP contribution in [0.4, 0.5) is 0 Å². The Bertz CT molecular complexity index is 1060. The molecule has 3 rings (SSSR count). The Morgan fingerprint density at radius 2 is 1.79 bits per heavy atom. The Kier molecular flexibility index (Phi) is 9.85. The van der Waals surface area contributed by atoms with E-state index >= 15 is 0 Å². The van der Waals surface area contributed by atoms with Crippen molar-refractivity contribution in [2.24, 2.45) is 0 Å². The van der Waals surface area contributed by atoms with E-state index < -0.39 is 28.1 Å². The van der Waals surface area contributed by atoms with Crippen molar-refractivity contribution in [3.8, 4) is 0 Å². The minimum atomic E-state index is -3.76. The number of hydrogen-bond acceptors (Lipinski definition) is 6. The summed E-state index contributed by atoms with van der Waals surface area (Å²) in [6.45, 7) is 2.95. The Morgan fingerprint density at radius 3 is 2.44 bits per heavy atom. The molecule has 6 nitrogen and oxygen atoms in total. The van der Waals surface area contributed by atoms with Gasteiger partial charge in [-0.15, -0.1) is 0 Å². The van der Waals surface area contributed by atoms with Gasteiger partial charge < -0.3 is 14.5 Å². The Balaban J connectivity index is 1.81. The van der Waals surface area contributed by atoms with Crippen molar-refractivity contribution in [1.29, 1.82) is 0 Å². The molecule has 34 heavy (non-hydrogen) atoms. The molecule has 3 atom stereocenters. The Hall–Kier alpha value is -2.03. The molecule has 1 heterocycles. The molecule has 0 saturated carbocycles. The fraction of sp³-hybridized carbons (Fsp3) is 0.360.